The van der Waals surface area contributed by atoms with E-state index in [0.717, 1.165) is 18.7 Å². The molecule has 0 bridgehead atoms. The molecular weight excluding hydrogens is 224 g/mol. The van der Waals surface area contributed by atoms with Crippen LogP contribution in [-0.4, -0.2) is 27.3 Å². The number of hydrogen-bond donors (Lipinski definition) is 1. The van der Waals surface area contributed by atoms with Gasteiger partial charge < -0.3 is 4.90 Å². The van der Waals surface area contributed by atoms with E-state index in [2.05, 4.69) is 16.5 Å². The fraction of sp³-hybridized carbons (Fsp3) is 0.455. The highest BCUT2D eigenvalue weighted by molar-refractivity contribution is 7.92. The number of anilines is 2. The van der Waals surface area contributed by atoms with Crippen LogP contribution in [0.5, 0.6) is 0 Å². The van der Waals surface area contributed by atoms with Gasteiger partial charge in [-0.3, -0.25) is 4.72 Å². The zero-order valence-corrected chi connectivity index (χ0v) is 10.1. The van der Waals surface area contributed by atoms with Gasteiger partial charge in [0.05, 0.1) is 17.1 Å². The molecule has 88 valence electrons. The Kier molecular flexibility index (Phi) is 3.05. The van der Waals surface area contributed by atoms with Crippen molar-refractivity contribution in [2.45, 2.75) is 13.3 Å². The molecule has 0 unspecified atom stereocenters. The van der Waals surface area contributed by atoms with Crippen LogP contribution in [0.2, 0.25) is 0 Å². The van der Waals surface area contributed by atoms with Crippen molar-refractivity contribution >= 4 is 21.4 Å². The lowest BCUT2D eigenvalue weighted by Gasteiger charge is -2.22. The Morgan fingerprint density at radius 2 is 2.12 bits per heavy atom. The van der Waals surface area contributed by atoms with E-state index >= 15 is 0 Å². The molecule has 1 aliphatic heterocycles. The highest BCUT2D eigenvalue weighted by Gasteiger charge is 2.21. The molecule has 2 rings (SSSR count). The van der Waals surface area contributed by atoms with E-state index < -0.39 is 10.0 Å². The lowest BCUT2D eigenvalue weighted by atomic mass is 10.2. The molecule has 0 radical (unpaired) electrons. The molecule has 0 spiro atoms. The van der Waals surface area contributed by atoms with Gasteiger partial charge in [0.25, 0.3) is 0 Å². The third kappa shape index (κ3) is 2.29. The largest absolute Gasteiger partial charge is 0.369 e. The van der Waals surface area contributed by atoms with E-state index in [4.69, 9.17) is 0 Å². The molecule has 0 aromatic heterocycles. The van der Waals surface area contributed by atoms with Crippen LogP contribution in [0.15, 0.2) is 24.3 Å². The van der Waals surface area contributed by atoms with Gasteiger partial charge in [-0.05, 0) is 18.6 Å². The van der Waals surface area contributed by atoms with Crippen LogP contribution in [0.3, 0.4) is 0 Å². The summed E-state index contributed by atoms with van der Waals surface area (Å²) in [4.78, 5) is 2.12. The molecule has 0 saturated carbocycles. The van der Waals surface area contributed by atoms with Crippen molar-refractivity contribution in [2.24, 2.45) is 0 Å². The topological polar surface area (TPSA) is 49.4 Å². The molecule has 1 N–H and O–H groups in total. The van der Waals surface area contributed by atoms with Crippen molar-refractivity contribution in [1.29, 1.82) is 0 Å². The summed E-state index contributed by atoms with van der Waals surface area (Å²) < 4.78 is 25.9. The Labute approximate surface area is 96.3 Å². The predicted octanol–water partition coefficient (Wildman–Crippen LogP) is 1.66. The van der Waals surface area contributed by atoms with Gasteiger partial charge in [0.1, 0.15) is 0 Å². The van der Waals surface area contributed by atoms with Crippen molar-refractivity contribution in [3.8, 4) is 0 Å². The van der Waals surface area contributed by atoms with Crippen LogP contribution in [0.4, 0.5) is 11.4 Å². The summed E-state index contributed by atoms with van der Waals surface area (Å²) in [7, 11) is -3.18. The average molecular weight is 240 g/mol. The van der Waals surface area contributed by atoms with Crippen molar-refractivity contribution < 1.29 is 8.42 Å². The maximum Gasteiger partial charge on any atom is 0.234 e. The van der Waals surface area contributed by atoms with Gasteiger partial charge in [-0.25, -0.2) is 8.42 Å². The molecule has 0 amide bonds. The quantitative estimate of drug-likeness (QED) is 0.855. The van der Waals surface area contributed by atoms with Crippen LogP contribution in [0.1, 0.15) is 13.3 Å². The smallest absolute Gasteiger partial charge is 0.234 e. The summed E-state index contributed by atoms with van der Waals surface area (Å²) in [6, 6.07) is 7.54. The normalized spacial score (nSPS) is 18.4. The highest BCUT2D eigenvalue weighted by atomic mass is 32.2. The Balaban J connectivity index is 2.41. The van der Waals surface area contributed by atoms with Crippen molar-refractivity contribution in [3.63, 3.8) is 0 Å². The number of para-hydroxylation sites is 2. The van der Waals surface area contributed by atoms with E-state index in [1.54, 1.807) is 6.07 Å². The molecule has 0 saturated heterocycles. The molecule has 1 aromatic rings. The van der Waals surface area contributed by atoms with Crippen molar-refractivity contribution in [2.75, 3.05) is 28.5 Å². The average Bonchev–Trinajstić information content (AvgIpc) is 2.36. The van der Waals surface area contributed by atoms with Gasteiger partial charge in [-0.1, -0.05) is 19.1 Å². The number of fused-ring (bicyclic) bond motifs is 1. The molecule has 16 heavy (non-hydrogen) atoms. The van der Waals surface area contributed by atoms with E-state index in [-0.39, 0.29) is 5.75 Å². The van der Waals surface area contributed by atoms with Gasteiger partial charge in [-0.15, -0.1) is 0 Å². The minimum Gasteiger partial charge on any atom is -0.369 e. The summed E-state index contributed by atoms with van der Waals surface area (Å²) in [5.41, 5.74) is 1.67. The molecule has 4 nitrogen and oxygen atoms in total. The van der Waals surface area contributed by atoms with Crippen molar-refractivity contribution in [3.05, 3.63) is 24.3 Å². The molecule has 0 aliphatic carbocycles. The fourth-order valence-corrected chi connectivity index (χ4v) is 2.98. The van der Waals surface area contributed by atoms with E-state index in [0.29, 0.717) is 12.2 Å². The maximum atomic E-state index is 11.6. The molecule has 1 aliphatic rings. The van der Waals surface area contributed by atoms with Gasteiger partial charge in [0.15, 0.2) is 0 Å². The second kappa shape index (κ2) is 4.33. The Morgan fingerprint density at radius 1 is 1.38 bits per heavy atom. The zero-order valence-electron chi connectivity index (χ0n) is 9.31. The minimum atomic E-state index is -3.18. The third-order valence-electron chi connectivity index (χ3n) is 2.63. The first-order valence-corrected chi connectivity index (χ1v) is 7.12. The fourth-order valence-electron chi connectivity index (χ4n) is 1.91. The van der Waals surface area contributed by atoms with Crippen LogP contribution in [-0.2, 0) is 10.0 Å². The van der Waals surface area contributed by atoms with Crippen LogP contribution in [0.25, 0.3) is 0 Å². The van der Waals surface area contributed by atoms with Gasteiger partial charge in [-0.2, -0.15) is 0 Å². The second-order valence-electron chi connectivity index (χ2n) is 3.93. The first kappa shape index (κ1) is 11.3. The zero-order chi connectivity index (χ0) is 11.6. The van der Waals surface area contributed by atoms with Crippen LogP contribution in [0, 0.1) is 0 Å². The maximum absolute atomic E-state index is 11.6. The summed E-state index contributed by atoms with van der Waals surface area (Å²) in [6.45, 7) is 3.53. The lowest BCUT2D eigenvalue weighted by Crippen LogP contribution is -2.28. The molecule has 5 heteroatoms. The third-order valence-corrected chi connectivity index (χ3v) is 3.88. The summed E-state index contributed by atoms with van der Waals surface area (Å²) in [5, 5.41) is 0. The Hall–Kier alpha value is -1.23. The SMILES string of the molecule is CCCN1CCS(=O)(=O)Nc2ccccc21. The van der Waals surface area contributed by atoms with E-state index in [1.807, 2.05) is 18.2 Å². The van der Waals surface area contributed by atoms with Gasteiger partial charge in [0.2, 0.25) is 10.0 Å². The van der Waals surface area contributed by atoms with Gasteiger partial charge >= 0.3 is 0 Å². The molecular formula is C11H16N2O2S. The summed E-state index contributed by atoms with van der Waals surface area (Å²) in [5.74, 6) is 0.154. The molecule has 0 fully saturated rings. The number of nitrogens with zero attached hydrogens (tertiary/aromatic N) is 1. The molecule has 1 aromatic carbocycles. The second-order valence-corrected chi connectivity index (χ2v) is 5.77. The number of benzene rings is 1. The van der Waals surface area contributed by atoms with E-state index in [9.17, 15) is 8.42 Å². The number of hydrogen-bond acceptors (Lipinski definition) is 3. The number of rotatable bonds is 2. The standard InChI is InChI=1S/C11H16N2O2S/c1-2-7-13-8-9-16(14,15)12-10-5-3-4-6-11(10)13/h3-6,12H,2,7-9H2,1H3. The van der Waals surface area contributed by atoms with E-state index in [1.165, 1.54) is 0 Å². The van der Waals surface area contributed by atoms with Gasteiger partial charge in [0, 0.05) is 13.1 Å². The minimum absolute atomic E-state index is 0.154. The first-order chi connectivity index (χ1) is 7.62. The number of sulfonamides is 1. The summed E-state index contributed by atoms with van der Waals surface area (Å²) >= 11 is 0. The predicted molar refractivity (Wildman–Crippen MR) is 66.4 cm³/mol. The van der Waals surface area contributed by atoms with Crippen LogP contribution < -0.4 is 9.62 Å². The monoisotopic (exact) mass is 240 g/mol. The molecule has 0 atom stereocenters. The number of nitrogens with one attached hydrogen (secondary N) is 1. The van der Waals surface area contributed by atoms with Crippen molar-refractivity contribution in [1.82, 2.24) is 0 Å². The highest BCUT2D eigenvalue weighted by Crippen LogP contribution is 2.28. The first-order valence-electron chi connectivity index (χ1n) is 5.47. The lowest BCUT2D eigenvalue weighted by molar-refractivity contribution is 0.600. The van der Waals surface area contributed by atoms with Crippen LogP contribution >= 0.6 is 0 Å². The Bertz CT molecular complexity index is 471. The molecule has 1 heterocycles. The summed E-state index contributed by atoms with van der Waals surface area (Å²) in [6.07, 6.45) is 1.01. The Morgan fingerprint density at radius 3 is 2.88 bits per heavy atom.